The molecule has 0 bridgehead atoms. The maximum atomic E-state index is 12.1. The van der Waals surface area contributed by atoms with E-state index in [1.54, 1.807) is 4.90 Å². The summed E-state index contributed by atoms with van der Waals surface area (Å²) in [6.45, 7) is 5.26. The van der Waals surface area contributed by atoms with Crippen LogP contribution >= 0.6 is 0 Å². The Morgan fingerprint density at radius 1 is 1.60 bits per heavy atom. The molecule has 0 spiro atoms. The van der Waals surface area contributed by atoms with Crippen molar-refractivity contribution in [3.63, 3.8) is 0 Å². The van der Waals surface area contributed by atoms with Crippen LogP contribution < -0.4 is 5.73 Å². The highest BCUT2D eigenvalue weighted by atomic mass is 16.3. The quantitative estimate of drug-likeness (QED) is 0.702. The molecule has 1 heterocycles. The van der Waals surface area contributed by atoms with Gasteiger partial charge < -0.3 is 15.7 Å². The molecule has 1 fully saturated rings. The van der Waals surface area contributed by atoms with Crippen molar-refractivity contribution in [3.8, 4) is 0 Å². The van der Waals surface area contributed by atoms with Crippen LogP contribution in [0, 0.1) is 11.8 Å². The number of amides is 1. The van der Waals surface area contributed by atoms with Gasteiger partial charge >= 0.3 is 0 Å². The Hall–Kier alpha value is -0.610. The van der Waals surface area contributed by atoms with Crippen LogP contribution in [0.15, 0.2) is 0 Å². The zero-order valence-electron chi connectivity index (χ0n) is 9.65. The molecule has 0 aromatic heterocycles. The van der Waals surface area contributed by atoms with Gasteiger partial charge in [-0.3, -0.25) is 4.79 Å². The number of nitrogens with two attached hydrogens (primary N) is 1. The van der Waals surface area contributed by atoms with Crippen LogP contribution in [0.1, 0.15) is 26.7 Å². The third-order valence-electron chi connectivity index (χ3n) is 3.25. The van der Waals surface area contributed by atoms with E-state index in [2.05, 4.69) is 0 Å². The molecule has 4 heteroatoms. The topological polar surface area (TPSA) is 66.6 Å². The predicted molar refractivity (Wildman–Crippen MR) is 59.2 cm³/mol. The molecule has 1 aliphatic heterocycles. The number of carbonyl (C=O) groups excluding carboxylic acids is 1. The Morgan fingerprint density at radius 2 is 2.27 bits per heavy atom. The number of rotatable bonds is 4. The van der Waals surface area contributed by atoms with E-state index >= 15 is 0 Å². The first-order chi connectivity index (χ1) is 7.11. The van der Waals surface area contributed by atoms with Crippen molar-refractivity contribution < 1.29 is 9.90 Å². The fourth-order valence-electron chi connectivity index (χ4n) is 2.19. The second-order valence-corrected chi connectivity index (χ2v) is 4.60. The second kappa shape index (κ2) is 5.47. The van der Waals surface area contributed by atoms with Crippen LogP contribution in [0.5, 0.6) is 0 Å². The van der Waals surface area contributed by atoms with E-state index in [1.807, 2.05) is 13.8 Å². The normalized spacial score (nSPS) is 23.5. The lowest BCUT2D eigenvalue weighted by Crippen LogP contribution is -2.45. The third-order valence-corrected chi connectivity index (χ3v) is 3.25. The molecule has 0 aromatic carbocycles. The van der Waals surface area contributed by atoms with Crippen LogP contribution in [0.2, 0.25) is 0 Å². The fraction of sp³-hybridized carbons (Fsp3) is 0.909. The summed E-state index contributed by atoms with van der Waals surface area (Å²) in [5.74, 6) is 0.281. The van der Waals surface area contributed by atoms with Crippen molar-refractivity contribution in [1.82, 2.24) is 4.90 Å². The van der Waals surface area contributed by atoms with Gasteiger partial charge in [0.25, 0.3) is 0 Å². The number of hydrogen-bond donors (Lipinski definition) is 2. The van der Waals surface area contributed by atoms with Gasteiger partial charge in [0.2, 0.25) is 5.91 Å². The molecule has 0 aromatic rings. The summed E-state index contributed by atoms with van der Waals surface area (Å²) in [4.78, 5) is 13.9. The lowest BCUT2D eigenvalue weighted by Gasteiger charge is -2.29. The van der Waals surface area contributed by atoms with E-state index < -0.39 is 0 Å². The molecule has 15 heavy (non-hydrogen) atoms. The van der Waals surface area contributed by atoms with E-state index in [4.69, 9.17) is 10.8 Å². The number of aliphatic hydroxyl groups is 1. The number of hydrogen-bond acceptors (Lipinski definition) is 3. The monoisotopic (exact) mass is 214 g/mol. The SMILES string of the molecule is CC(C)C(CN)C(=O)N1CCC[C@H]1CO. The number of carbonyl (C=O) groups is 1. The highest BCUT2D eigenvalue weighted by Crippen LogP contribution is 2.22. The van der Waals surface area contributed by atoms with Crippen LogP contribution in [0.25, 0.3) is 0 Å². The number of likely N-dealkylation sites (tertiary alicyclic amines) is 1. The largest absolute Gasteiger partial charge is 0.394 e. The Morgan fingerprint density at radius 3 is 2.73 bits per heavy atom. The van der Waals surface area contributed by atoms with E-state index in [-0.39, 0.29) is 30.4 Å². The number of nitrogens with zero attached hydrogens (tertiary/aromatic N) is 1. The van der Waals surface area contributed by atoms with E-state index in [1.165, 1.54) is 0 Å². The van der Waals surface area contributed by atoms with Crippen LogP contribution in [-0.2, 0) is 4.79 Å². The summed E-state index contributed by atoms with van der Waals surface area (Å²) in [5.41, 5.74) is 5.62. The molecule has 0 saturated carbocycles. The molecule has 1 rings (SSSR count). The molecule has 1 saturated heterocycles. The Balaban J connectivity index is 2.65. The van der Waals surface area contributed by atoms with Gasteiger partial charge in [-0.25, -0.2) is 0 Å². The molecule has 2 atom stereocenters. The molecule has 0 radical (unpaired) electrons. The zero-order valence-corrected chi connectivity index (χ0v) is 9.65. The molecule has 1 amide bonds. The lowest BCUT2D eigenvalue weighted by molar-refractivity contribution is -0.138. The van der Waals surface area contributed by atoms with Gasteiger partial charge in [0.15, 0.2) is 0 Å². The van der Waals surface area contributed by atoms with Crippen molar-refractivity contribution in [2.24, 2.45) is 17.6 Å². The van der Waals surface area contributed by atoms with Crippen molar-refractivity contribution in [3.05, 3.63) is 0 Å². The number of aliphatic hydroxyl groups excluding tert-OH is 1. The first-order valence-electron chi connectivity index (χ1n) is 5.73. The zero-order chi connectivity index (χ0) is 11.4. The molecule has 3 N–H and O–H groups in total. The molecule has 4 nitrogen and oxygen atoms in total. The minimum Gasteiger partial charge on any atom is -0.394 e. The summed E-state index contributed by atoms with van der Waals surface area (Å²) >= 11 is 0. The summed E-state index contributed by atoms with van der Waals surface area (Å²) in [7, 11) is 0. The summed E-state index contributed by atoms with van der Waals surface area (Å²) in [6.07, 6.45) is 1.91. The van der Waals surface area contributed by atoms with Crippen molar-refractivity contribution >= 4 is 5.91 Å². The van der Waals surface area contributed by atoms with E-state index in [9.17, 15) is 4.79 Å². The highest BCUT2D eigenvalue weighted by molar-refractivity contribution is 5.80. The molecular formula is C11H22N2O2. The maximum Gasteiger partial charge on any atom is 0.227 e. The second-order valence-electron chi connectivity index (χ2n) is 4.60. The molecule has 88 valence electrons. The molecule has 1 unspecified atom stereocenters. The van der Waals surface area contributed by atoms with E-state index in [0.29, 0.717) is 6.54 Å². The lowest BCUT2D eigenvalue weighted by atomic mass is 9.94. The van der Waals surface area contributed by atoms with Gasteiger partial charge in [-0.2, -0.15) is 0 Å². The Labute approximate surface area is 91.4 Å². The van der Waals surface area contributed by atoms with Crippen LogP contribution in [0.3, 0.4) is 0 Å². The van der Waals surface area contributed by atoms with Gasteiger partial charge in [0.05, 0.1) is 18.6 Å². The van der Waals surface area contributed by atoms with Crippen molar-refractivity contribution in [2.45, 2.75) is 32.7 Å². The third kappa shape index (κ3) is 2.69. The first kappa shape index (κ1) is 12.5. The smallest absolute Gasteiger partial charge is 0.227 e. The minimum absolute atomic E-state index is 0.0188. The Kier molecular flexibility index (Phi) is 4.54. The van der Waals surface area contributed by atoms with E-state index in [0.717, 1.165) is 19.4 Å². The Bertz CT molecular complexity index is 219. The van der Waals surface area contributed by atoms with Gasteiger partial charge in [0.1, 0.15) is 0 Å². The van der Waals surface area contributed by atoms with Gasteiger partial charge in [-0.1, -0.05) is 13.8 Å². The summed E-state index contributed by atoms with van der Waals surface area (Å²) in [6, 6.07) is 0.0188. The maximum absolute atomic E-state index is 12.1. The fourth-order valence-corrected chi connectivity index (χ4v) is 2.19. The minimum atomic E-state index is -0.0999. The highest BCUT2D eigenvalue weighted by Gasteiger charge is 2.33. The van der Waals surface area contributed by atoms with Crippen molar-refractivity contribution in [1.29, 1.82) is 0 Å². The molecule has 0 aliphatic carbocycles. The van der Waals surface area contributed by atoms with Gasteiger partial charge in [-0.05, 0) is 18.8 Å². The van der Waals surface area contributed by atoms with Crippen LogP contribution in [0.4, 0.5) is 0 Å². The van der Waals surface area contributed by atoms with Crippen molar-refractivity contribution in [2.75, 3.05) is 19.7 Å². The summed E-state index contributed by atoms with van der Waals surface area (Å²) in [5, 5.41) is 9.15. The van der Waals surface area contributed by atoms with Gasteiger partial charge in [-0.15, -0.1) is 0 Å². The predicted octanol–water partition coefficient (Wildman–Crippen LogP) is 0.201. The standard InChI is InChI=1S/C11H22N2O2/c1-8(2)10(6-12)11(15)13-5-3-4-9(13)7-14/h8-10,14H,3-7,12H2,1-2H3/t9-,10?/m0/s1. The molecular weight excluding hydrogens is 192 g/mol. The average Bonchev–Trinajstić information content (AvgIpc) is 2.65. The molecule has 1 aliphatic rings. The van der Waals surface area contributed by atoms with Gasteiger partial charge in [0, 0.05) is 13.1 Å². The average molecular weight is 214 g/mol. The summed E-state index contributed by atoms with van der Waals surface area (Å²) < 4.78 is 0. The first-order valence-corrected chi connectivity index (χ1v) is 5.73. The van der Waals surface area contributed by atoms with Crippen LogP contribution in [-0.4, -0.2) is 41.7 Å².